The number of Topliss-reactive ketones (excluding diaryl/α,β-unsaturated/α-hetero) is 1. The van der Waals surface area contributed by atoms with Gasteiger partial charge in [-0.2, -0.15) is 0 Å². The second-order valence-electron chi connectivity index (χ2n) is 13.5. The minimum absolute atomic E-state index is 0.00290. The van der Waals surface area contributed by atoms with Gasteiger partial charge in [0.2, 0.25) is 0 Å². The van der Waals surface area contributed by atoms with E-state index in [1.807, 2.05) is 11.8 Å². The molecule has 3 saturated carbocycles. The predicted octanol–water partition coefficient (Wildman–Crippen LogP) is 7.13. The van der Waals surface area contributed by atoms with Crippen molar-refractivity contribution in [2.75, 3.05) is 36.4 Å². The molecule has 246 valence electrons. The average molecular weight is 685 g/mol. The molecule has 0 unspecified atom stereocenters. The number of allylic oxidation sites excluding steroid dienone is 1. The van der Waals surface area contributed by atoms with Crippen LogP contribution in [-0.4, -0.2) is 66.7 Å². The fraction of sp³-hybridized carbons (Fsp3) is 0.647. The number of anilines is 1. The number of ketones is 2. The minimum Gasteiger partial charge on any atom is -0.450 e. The molecule has 1 aromatic carbocycles. The molecule has 11 heteroatoms. The van der Waals surface area contributed by atoms with E-state index >= 15 is 4.39 Å². The summed E-state index contributed by atoms with van der Waals surface area (Å²) in [4.78, 5) is 53.6. The van der Waals surface area contributed by atoms with Gasteiger partial charge in [-0.1, -0.05) is 25.4 Å². The zero-order chi connectivity index (χ0) is 32.7. The number of carbonyl (C=O) groups is 4. The van der Waals surface area contributed by atoms with Gasteiger partial charge in [0.25, 0.3) is 0 Å². The maximum Gasteiger partial charge on any atom is 0.345 e. The molecule has 7 nitrogen and oxygen atoms in total. The number of nitrogens with zero attached hydrogens (tertiary/aromatic N) is 1. The molecule has 5 rings (SSSR count). The van der Waals surface area contributed by atoms with Crippen molar-refractivity contribution < 1.29 is 33.0 Å². The molecule has 0 aliphatic heterocycles. The first kappa shape index (κ1) is 34.2. The molecule has 1 aromatic rings. The standard InChI is InChI=1S/C34H41Cl3FNO6/c1-20(40)34(45-30(42)19-44-31(43)21-4-5-27(37)29(16-21)39(14-12-35)15-13-36)11-8-25-23-18-28(38)26-17-22(41)6-9-32(26,2)24(23)7-10-33(25,34)3/h4-5,16-17,23-25,28H,6-15,18-19H2,1-3H3/t23-,24+,25+,28+,32-,33+,34+/m1/s1. The zero-order valence-electron chi connectivity index (χ0n) is 26.0. The highest BCUT2D eigenvalue weighted by Crippen LogP contribution is 2.68. The number of fused-ring (bicyclic) bond motifs is 5. The minimum atomic E-state index is -1.39. The topological polar surface area (TPSA) is 90.0 Å². The number of ether oxygens (including phenoxy) is 2. The summed E-state index contributed by atoms with van der Waals surface area (Å²) < 4.78 is 27.1. The van der Waals surface area contributed by atoms with Crippen LogP contribution in [0.1, 0.15) is 76.1 Å². The van der Waals surface area contributed by atoms with E-state index in [4.69, 9.17) is 44.3 Å². The quantitative estimate of drug-likeness (QED) is 0.191. The van der Waals surface area contributed by atoms with Gasteiger partial charge in [-0.15, -0.1) is 23.2 Å². The second-order valence-corrected chi connectivity index (χ2v) is 14.7. The van der Waals surface area contributed by atoms with Gasteiger partial charge in [0, 0.05) is 36.7 Å². The Morgan fingerprint density at radius 3 is 2.40 bits per heavy atom. The first-order valence-corrected chi connectivity index (χ1v) is 17.2. The van der Waals surface area contributed by atoms with E-state index < -0.39 is 41.1 Å². The Bertz CT molecular complexity index is 1400. The molecule has 4 aliphatic carbocycles. The summed E-state index contributed by atoms with van der Waals surface area (Å²) in [6.45, 7) is 5.80. The summed E-state index contributed by atoms with van der Waals surface area (Å²) in [6, 6.07) is 4.64. The van der Waals surface area contributed by atoms with Crippen LogP contribution in [0.15, 0.2) is 29.8 Å². The highest BCUT2D eigenvalue weighted by Gasteiger charge is 2.68. The Labute approximate surface area is 279 Å². The molecule has 0 spiro atoms. The van der Waals surface area contributed by atoms with E-state index in [9.17, 15) is 19.2 Å². The molecule has 7 atom stereocenters. The van der Waals surface area contributed by atoms with Gasteiger partial charge in [-0.05, 0) is 98.5 Å². The van der Waals surface area contributed by atoms with E-state index in [1.165, 1.54) is 19.1 Å². The van der Waals surface area contributed by atoms with Crippen LogP contribution in [0.25, 0.3) is 0 Å². The molecular weight excluding hydrogens is 644 g/mol. The second kappa shape index (κ2) is 13.2. The Morgan fingerprint density at radius 1 is 1.04 bits per heavy atom. The number of carbonyl (C=O) groups excluding carboxylic acids is 4. The molecular formula is C34H41Cl3FNO6. The number of rotatable bonds is 10. The van der Waals surface area contributed by atoms with Gasteiger partial charge in [0.15, 0.2) is 23.8 Å². The average Bonchev–Trinajstić information content (AvgIpc) is 3.30. The SMILES string of the molecule is CC(=O)[C@@]1(OC(=O)COC(=O)c2ccc(Cl)c(N(CCCl)CCCl)c2)CC[C@H]2[C@@H]3C[C@H](F)C4=CC(=O)CC[C@]4(C)[C@H]3CC[C@@]21C. The Hall–Kier alpha value is -2.16. The van der Waals surface area contributed by atoms with Gasteiger partial charge in [-0.3, -0.25) is 9.59 Å². The number of benzene rings is 1. The van der Waals surface area contributed by atoms with E-state index in [1.54, 1.807) is 12.1 Å². The van der Waals surface area contributed by atoms with Crippen molar-refractivity contribution in [3.05, 3.63) is 40.4 Å². The monoisotopic (exact) mass is 683 g/mol. The van der Waals surface area contributed by atoms with Gasteiger partial charge in [-0.25, -0.2) is 14.0 Å². The molecule has 3 fully saturated rings. The summed E-state index contributed by atoms with van der Waals surface area (Å²) in [7, 11) is 0. The first-order valence-electron chi connectivity index (χ1n) is 15.8. The molecule has 0 saturated heterocycles. The lowest BCUT2D eigenvalue weighted by atomic mass is 9.46. The van der Waals surface area contributed by atoms with Crippen molar-refractivity contribution in [1.29, 1.82) is 0 Å². The Balaban J connectivity index is 1.30. The van der Waals surface area contributed by atoms with E-state index in [2.05, 4.69) is 6.92 Å². The lowest BCUT2D eigenvalue weighted by Gasteiger charge is -2.59. The number of alkyl halides is 3. The van der Waals surface area contributed by atoms with Crippen molar-refractivity contribution in [3.8, 4) is 0 Å². The first-order chi connectivity index (χ1) is 21.3. The normalized spacial score (nSPS) is 33.8. The summed E-state index contributed by atoms with van der Waals surface area (Å²) in [5, 5.41) is 0.415. The largest absolute Gasteiger partial charge is 0.450 e. The zero-order valence-corrected chi connectivity index (χ0v) is 28.3. The third kappa shape index (κ3) is 5.93. The van der Waals surface area contributed by atoms with Crippen molar-refractivity contribution >= 4 is 64.0 Å². The molecule has 0 amide bonds. The lowest BCUT2D eigenvalue weighted by Crippen LogP contribution is -2.59. The van der Waals surface area contributed by atoms with Crippen molar-refractivity contribution in [1.82, 2.24) is 0 Å². The number of esters is 2. The highest BCUT2D eigenvalue weighted by atomic mass is 35.5. The van der Waals surface area contributed by atoms with E-state index in [0.717, 1.165) is 6.42 Å². The Kier molecular flexibility index (Phi) is 9.99. The highest BCUT2D eigenvalue weighted by molar-refractivity contribution is 6.33. The number of halogens is 4. The maximum atomic E-state index is 15.7. The Morgan fingerprint density at radius 2 is 1.73 bits per heavy atom. The van der Waals surface area contributed by atoms with Crippen LogP contribution in [0, 0.1) is 28.6 Å². The molecule has 0 bridgehead atoms. The van der Waals surface area contributed by atoms with Gasteiger partial charge >= 0.3 is 11.9 Å². The third-order valence-corrected chi connectivity index (χ3v) is 12.1. The summed E-state index contributed by atoms with van der Waals surface area (Å²) in [5.74, 6) is -0.983. The van der Waals surface area contributed by atoms with Crippen LogP contribution < -0.4 is 4.90 Å². The van der Waals surface area contributed by atoms with Gasteiger partial charge < -0.3 is 14.4 Å². The predicted molar refractivity (Wildman–Crippen MR) is 172 cm³/mol. The van der Waals surface area contributed by atoms with Crippen molar-refractivity contribution in [2.45, 2.75) is 77.5 Å². The molecule has 0 aromatic heterocycles. The van der Waals surface area contributed by atoms with Crippen LogP contribution >= 0.6 is 34.8 Å². The molecule has 4 aliphatic rings. The van der Waals surface area contributed by atoms with Crippen molar-refractivity contribution in [2.24, 2.45) is 28.6 Å². The van der Waals surface area contributed by atoms with E-state index in [0.29, 0.717) is 79.7 Å². The van der Waals surface area contributed by atoms with Crippen LogP contribution in [0.4, 0.5) is 10.1 Å². The van der Waals surface area contributed by atoms with Crippen molar-refractivity contribution in [3.63, 3.8) is 0 Å². The molecule has 0 N–H and O–H groups in total. The van der Waals surface area contributed by atoms with Crippen LogP contribution in [0.5, 0.6) is 0 Å². The number of hydrogen-bond donors (Lipinski definition) is 0. The lowest BCUT2D eigenvalue weighted by molar-refractivity contribution is -0.191. The summed E-state index contributed by atoms with van der Waals surface area (Å²) >= 11 is 18.2. The molecule has 0 radical (unpaired) electrons. The molecule has 0 heterocycles. The van der Waals surface area contributed by atoms with Gasteiger partial charge in [0.05, 0.1) is 16.3 Å². The summed E-state index contributed by atoms with van der Waals surface area (Å²) in [6.07, 6.45) is 4.02. The smallest absolute Gasteiger partial charge is 0.345 e. The fourth-order valence-electron chi connectivity index (χ4n) is 9.24. The van der Waals surface area contributed by atoms with Crippen LogP contribution in [-0.2, 0) is 23.9 Å². The maximum absolute atomic E-state index is 15.7. The third-order valence-electron chi connectivity index (χ3n) is 11.5. The van der Waals surface area contributed by atoms with Gasteiger partial charge in [0.1, 0.15) is 6.17 Å². The van der Waals surface area contributed by atoms with Crippen LogP contribution in [0.2, 0.25) is 5.02 Å². The summed E-state index contributed by atoms with van der Waals surface area (Å²) in [5.41, 5.74) is -1.09. The van der Waals surface area contributed by atoms with E-state index in [-0.39, 0.29) is 34.9 Å². The molecule has 45 heavy (non-hydrogen) atoms. The fourth-order valence-corrected chi connectivity index (χ4v) is 9.89. The van der Waals surface area contributed by atoms with Crippen LogP contribution in [0.3, 0.4) is 0 Å². The number of hydrogen-bond acceptors (Lipinski definition) is 7.